The molecule has 0 amide bonds. The van der Waals surface area contributed by atoms with E-state index in [2.05, 4.69) is 96.1 Å². The Hall–Kier alpha value is -4.26. The molecule has 4 aromatic carbocycles. The molecule has 3 unspecified atom stereocenters. The Labute approximate surface area is 276 Å². The van der Waals surface area contributed by atoms with Gasteiger partial charge in [0.15, 0.2) is 5.78 Å². The van der Waals surface area contributed by atoms with Crippen molar-refractivity contribution in [1.82, 2.24) is 9.80 Å². The molecule has 0 heterocycles. The summed E-state index contributed by atoms with van der Waals surface area (Å²) in [6.45, 7) is 8.41. The zero-order chi connectivity index (χ0) is 32.9. The van der Waals surface area contributed by atoms with Gasteiger partial charge in [0.25, 0.3) is 0 Å². The fourth-order valence-electron chi connectivity index (χ4n) is 6.30. The van der Waals surface area contributed by atoms with Gasteiger partial charge in [0.1, 0.15) is 5.78 Å². The van der Waals surface area contributed by atoms with Crippen molar-refractivity contribution in [2.45, 2.75) is 52.2 Å². The number of Topliss-reactive ketones (excluding diaryl/α,β-unsaturated/α-hetero) is 2. The van der Waals surface area contributed by atoms with Crippen LogP contribution < -0.4 is 9.80 Å². The fourth-order valence-corrected chi connectivity index (χ4v) is 6.30. The number of anilines is 4. The molecule has 4 aromatic rings. The van der Waals surface area contributed by atoms with E-state index < -0.39 is 6.04 Å². The predicted molar refractivity (Wildman–Crippen MR) is 192 cm³/mol. The molecule has 0 spiro atoms. The highest BCUT2D eigenvalue weighted by atomic mass is 16.1. The average Bonchev–Trinajstić information content (AvgIpc) is 3.09. The van der Waals surface area contributed by atoms with Crippen LogP contribution in [0.5, 0.6) is 0 Å². The van der Waals surface area contributed by atoms with Gasteiger partial charge in [-0.05, 0) is 95.6 Å². The van der Waals surface area contributed by atoms with Crippen LogP contribution >= 0.6 is 0 Å². The van der Waals surface area contributed by atoms with Crippen molar-refractivity contribution < 1.29 is 9.59 Å². The Balaban J connectivity index is 1.98. The number of nitrogens with zero attached hydrogens (tertiary/aromatic N) is 4. The molecular formula is C40H50N4O2. The lowest BCUT2D eigenvalue weighted by atomic mass is 9.83. The number of carbonyl (C=O) groups excluding carboxylic acids is 2. The van der Waals surface area contributed by atoms with Crippen molar-refractivity contribution in [3.05, 3.63) is 121 Å². The van der Waals surface area contributed by atoms with Gasteiger partial charge in [-0.15, -0.1) is 0 Å². The lowest BCUT2D eigenvalue weighted by Gasteiger charge is -2.48. The van der Waals surface area contributed by atoms with Crippen molar-refractivity contribution in [3.8, 4) is 0 Å². The summed E-state index contributed by atoms with van der Waals surface area (Å²) in [7, 11) is 4.19. The second kappa shape index (κ2) is 17.4. The van der Waals surface area contributed by atoms with Gasteiger partial charge >= 0.3 is 0 Å². The standard InChI is InChI=1S/C40H50N4O2/c1-6-41(4)30-20-29-38(46)39(43(33-21-12-8-13-22-33)34-23-14-9-15-24-34)37(31-32(3)45)40(42(5)7-2)44(35-25-16-10-17-26-35)36-27-18-11-19-28-36/h8-19,21-28,37,39-40H,6-7,20,29-31H2,1-5H3. The molecule has 0 aliphatic carbocycles. The highest BCUT2D eigenvalue weighted by Gasteiger charge is 2.43. The highest BCUT2D eigenvalue weighted by molar-refractivity contribution is 5.91. The maximum Gasteiger partial charge on any atom is 0.156 e. The van der Waals surface area contributed by atoms with Crippen LogP contribution in [0.1, 0.15) is 40.0 Å². The van der Waals surface area contributed by atoms with Crippen LogP contribution in [0.4, 0.5) is 22.7 Å². The first-order chi connectivity index (χ1) is 22.3. The van der Waals surface area contributed by atoms with Gasteiger partial charge in [0, 0.05) is 41.5 Å². The molecule has 0 radical (unpaired) electrons. The van der Waals surface area contributed by atoms with Crippen molar-refractivity contribution in [2.75, 3.05) is 43.5 Å². The summed E-state index contributed by atoms with van der Waals surface area (Å²) in [5.74, 6) is -0.191. The minimum absolute atomic E-state index is 0.0603. The zero-order valence-electron chi connectivity index (χ0n) is 28.1. The Morgan fingerprint density at radius 2 is 1.02 bits per heavy atom. The molecule has 0 aliphatic rings. The molecule has 0 aliphatic heterocycles. The average molecular weight is 619 g/mol. The third-order valence-electron chi connectivity index (χ3n) is 8.77. The van der Waals surface area contributed by atoms with Gasteiger partial charge in [0.2, 0.25) is 0 Å². The summed E-state index contributed by atoms with van der Waals surface area (Å²) in [5, 5.41) is 0. The molecule has 0 saturated carbocycles. The van der Waals surface area contributed by atoms with Crippen LogP contribution in [0.2, 0.25) is 0 Å². The van der Waals surface area contributed by atoms with Crippen molar-refractivity contribution in [1.29, 1.82) is 0 Å². The number of hydrogen-bond acceptors (Lipinski definition) is 6. The van der Waals surface area contributed by atoms with Crippen LogP contribution in [-0.4, -0.2) is 67.3 Å². The van der Waals surface area contributed by atoms with E-state index in [1.165, 1.54) is 0 Å². The number of carbonyl (C=O) groups is 2. The summed E-state index contributed by atoms with van der Waals surface area (Å²) in [4.78, 5) is 37.3. The third-order valence-corrected chi connectivity index (χ3v) is 8.77. The number of ketones is 2. The van der Waals surface area contributed by atoms with Crippen molar-refractivity contribution in [2.24, 2.45) is 5.92 Å². The van der Waals surface area contributed by atoms with Crippen LogP contribution in [0.25, 0.3) is 0 Å². The van der Waals surface area contributed by atoms with E-state index in [9.17, 15) is 9.59 Å². The Kier molecular flexibility index (Phi) is 13.1. The second-order valence-electron chi connectivity index (χ2n) is 12.0. The largest absolute Gasteiger partial charge is 0.331 e. The molecule has 0 aromatic heterocycles. The lowest BCUT2D eigenvalue weighted by molar-refractivity contribution is -0.123. The Bertz CT molecular complexity index is 1390. The van der Waals surface area contributed by atoms with Gasteiger partial charge in [-0.25, -0.2) is 0 Å². The van der Waals surface area contributed by atoms with Gasteiger partial charge in [-0.3, -0.25) is 9.69 Å². The highest BCUT2D eigenvalue weighted by Crippen LogP contribution is 2.39. The number of hydrogen-bond donors (Lipinski definition) is 0. The number of para-hydroxylation sites is 4. The lowest BCUT2D eigenvalue weighted by Crippen LogP contribution is -2.58. The molecule has 6 heteroatoms. The number of rotatable bonds is 18. The summed E-state index contributed by atoms with van der Waals surface area (Å²) < 4.78 is 0. The first-order valence-corrected chi connectivity index (χ1v) is 16.5. The Morgan fingerprint density at radius 3 is 1.39 bits per heavy atom. The minimum atomic E-state index is -0.616. The first-order valence-electron chi connectivity index (χ1n) is 16.5. The maximum atomic E-state index is 14.9. The Morgan fingerprint density at radius 1 is 0.609 bits per heavy atom. The smallest absolute Gasteiger partial charge is 0.156 e. The van der Waals surface area contributed by atoms with E-state index in [4.69, 9.17) is 0 Å². The van der Waals surface area contributed by atoms with Crippen LogP contribution in [0.15, 0.2) is 121 Å². The van der Waals surface area contributed by atoms with Crippen molar-refractivity contribution in [3.63, 3.8) is 0 Å². The monoisotopic (exact) mass is 618 g/mol. The molecule has 0 fully saturated rings. The summed E-state index contributed by atoms with van der Waals surface area (Å²) in [5.41, 5.74) is 3.87. The molecule has 3 atom stereocenters. The first kappa shape index (κ1) is 34.6. The molecule has 46 heavy (non-hydrogen) atoms. The third kappa shape index (κ3) is 8.93. The fraction of sp³-hybridized carbons (Fsp3) is 0.350. The minimum Gasteiger partial charge on any atom is -0.331 e. The van der Waals surface area contributed by atoms with Gasteiger partial charge in [-0.1, -0.05) is 86.6 Å². The van der Waals surface area contributed by atoms with E-state index in [1.807, 2.05) is 72.8 Å². The number of benzene rings is 4. The predicted octanol–water partition coefficient (Wildman–Crippen LogP) is 8.21. The van der Waals surface area contributed by atoms with Gasteiger partial charge < -0.3 is 19.5 Å². The van der Waals surface area contributed by atoms with E-state index in [1.54, 1.807) is 6.92 Å². The van der Waals surface area contributed by atoms with E-state index in [0.717, 1.165) is 48.8 Å². The van der Waals surface area contributed by atoms with Crippen molar-refractivity contribution >= 4 is 34.3 Å². The molecule has 4 rings (SSSR count). The molecule has 0 saturated heterocycles. The molecular weight excluding hydrogens is 568 g/mol. The quantitative estimate of drug-likeness (QED) is 0.105. The molecule has 0 N–H and O–H groups in total. The van der Waals surface area contributed by atoms with E-state index in [0.29, 0.717) is 6.42 Å². The SMILES string of the molecule is CCN(C)CCCC(=O)C(C(CC(C)=O)C(N(C)CC)N(c1ccccc1)c1ccccc1)N(c1ccccc1)c1ccccc1. The van der Waals surface area contributed by atoms with Gasteiger partial charge in [0.05, 0.1) is 12.2 Å². The van der Waals surface area contributed by atoms with E-state index >= 15 is 0 Å². The maximum absolute atomic E-state index is 14.9. The molecule has 242 valence electrons. The summed E-state index contributed by atoms with van der Waals surface area (Å²) in [6, 6.07) is 40.3. The molecule has 0 bridgehead atoms. The second-order valence-corrected chi connectivity index (χ2v) is 12.0. The molecule has 6 nitrogen and oxygen atoms in total. The zero-order valence-corrected chi connectivity index (χ0v) is 28.1. The van der Waals surface area contributed by atoms with Gasteiger partial charge in [-0.2, -0.15) is 0 Å². The van der Waals surface area contributed by atoms with Crippen LogP contribution in [0, 0.1) is 5.92 Å². The summed E-state index contributed by atoms with van der Waals surface area (Å²) in [6.07, 6.45) is 1.09. The summed E-state index contributed by atoms with van der Waals surface area (Å²) >= 11 is 0. The van der Waals surface area contributed by atoms with E-state index in [-0.39, 0.29) is 30.1 Å². The topological polar surface area (TPSA) is 47.1 Å². The van der Waals surface area contributed by atoms with Crippen LogP contribution in [0.3, 0.4) is 0 Å². The van der Waals surface area contributed by atoms with Crippen LogP contribution in [-0.2, 0) is 9.59 Å². The normalized spacial score (nSPS) is 13.3.